The summed E-state index contributed by atoms with van der Waals surface area (Å²) in [5.74, 6) is -1.27. The molecule has 2 heterocycles. The summed E-state index contributed by atoms with van der Waals surface area (Å²) in [5.41, 5.74) is 9.41. The average Bonchev–Trinajstić information content (AvgIpc) is 3.52. The van der Waals surface area contributed by atoms with Crippen molar-refractivity contribution in [2.45, 2.75) is 49.4 Å². The molecule has 2 fully saturated rings. The molecule has 1 saturated heterocycles. The van der Waals surface area contributed by atoms with Crippen LogP contribution >= 0.6 is 0 Å². The van der Waals surface area contributed by atoms with Crippen LogP contribution in [-0.4, -0.2) is 83.5 Å². The average molecular weight is 565 g/mol. The topological polar surface area (TPSA) is 147 Å². The third kappa shape index (κ3) is 5.48. The lowest BCUT2D eigenvalue weighted by Crippen LogP contribution is -2.54. The molecule has 2 aromatic carbocycles. The highest BCUT2D eigenvalue weighted by molar-refractivity contribution is 5.93. The fourth-order valence-electron chi connectivity index (χ4n) is 5.98. The van der Waals surface area contributed by atoms with Crippen LogP contribution in [0, 0.1) is 0 Å². The maximum atomic E-state index is 12.6. The number of carboxylic acids is 1. The fraction of sp³-hybridized carbons (Fsp3) is 0.462. The Kier molecular flexibility index (Phi) is 8.10. The summed E-state index contributed by atoms with van der Waals surface area (Å²) < 4.78 is 42.8. The van der Waals surface area contributed by atoms with Gasteiger partial charge in [-0.05, 0) is 75.2 Å². The van der Waals surface area contributed by atoms with Crippen LogP contribution in [-0.2, 0) is 10.2 Å². The number of hydrogen-bond acceptors (Lipinski definition) is 7. The number of rotatable bonds is 5. The highest BCUT2D eigenvalue weighted by atomic mass is 19.4. The van der Waals surface area contributed by atoms with Crippen molar-refractivity contribution in [3.05, 3.63) is 42.0 Å². The van der Waals surface area contributed by atoms with Crippen molar-refractivity contribution in [1.82, 2.24) is 20.3 Å². The lowest BCUT2D eigenvalue weighted by Gasteiger charge is -2.47. The first kappa shape index (κ1) is 28.9. The van der Waals surface area contributed by atoms with Crippen molar-refractivity contribution in [3.63, 3.8) is 0 Å². The second-order valence-electron chi connectivity index (χ2n) is 9.91. The molecule has 0 radical (unpaired) electrons. The van der Waals surface area contributed by atoms with Gasteiger partial charge in [0.25, 0.3) is 0 Å². The van der Waals surface area contributed by atoms with Crippen LogP contribution in [0.3, 0.4) is 0 Å². The van der Waals surface area contributed by atoms with Crippen molar-refractivity contribution >= 4 is 28.7 Å². The number of nitrogens with two attached hydrogens (primary N) is 1. The molecule has 0 unspecified atom stereocenters. The van der Waals surface area contributed by atoms with E-state index in [1.807, 2.05) is 24.3 Å². The van der Waals surface area contributed by atoms with Gasteiger partial charge < -0.3 is 25.2 Å². The number of benzene rings is 2. The number of carboxylic acid groups (broad SMARTS) is 1. The molecular weight excluding hydrogens is 533 g/mol. The summed E-state index contributed by atoms with van der Waals surface area (Å²) in [7, 11) is 5.50. The molecule has 11 nitrogen and oxygen atoms in total. The second-order valence-corrected chi connectivity index (χ2v) is 9.91. The van der Waals surface area contributed by atoms with E-state index in [0.717, 1.165) is 54.9 Å². The highest BCUT2D eigenvalue weighted by Gasteiger charge is 2.51. The third-order valence-electron chi connectivity index (χ3n) is 7.88. The number of primary amides is 1. The summed E-state index contributed by atoms with van der Waals surface area (Å²) in [4.78, 5) is 25.7. The van der Waals surface area contributed by atoms with Crippen LogP contribution in [0.5, 0.6) is 11.5 Å². The van der Waals surface area contributed by atoms with E-state index in [0.29, 0.717) is 5.52 Å². The summed E-state index contributed by atoms with van der Waals surface area (Å²) in [6.07, 6.45) is -1.36. The number of fused-ring (bicyclic) bond motifs is 2. The molecule has 3 aromatic rings. The minimum Gasteiger partial charge on any atom is -0.493 e. The molecule has 3 atom stereocenters. The van der Waals surface area contributed by atoms with Gasteiger partial charge in [-0.3, -0.25) is 4.90 Å². The van der Waals surface area contributed by atoms with Crippen LogP contribution in [0.1, 0.15) is 31.2 Å². The van der Waals surface area contributed by atoms with E-state index in [1.165, 1.54) is 5.56 Å². The van der Waals surface area contributed by atoms with E-state index in [9.17, 15) is 18.0 Å². The molecular formula is C26H31F3N6O5. The fourth-order valence-corrected chi connectivity index (χ4v) is 5.98. The van der Waals surface area contributed by atoms with Gasteiger partial charge in [0.15, 0.2) is 11.5 Å². The number of amides is 2. The van der Waals surface area contributed by atoms with Gasteiger partial charge in [-0.15, -0.1) is 0 Å². The largest absolute Gasteiger partial charge is 0.493 e. The number of ether oxygens (including phenoxy) is 2. The molecule has 1 aromatic heterocycles. The number of hydrogen-bond donors (Lipinski definition) is 3. The van der Waals surface area contributed by atoms with Gasteiger partial charge in [0.05, 0.1) is 14.2 Å². The van der Waals surface area contributed by atoms with Gasteiger partial charge in [0.1, 0.15) is 11.0 Å². The molecule has 2 amide bonds. The van der Waals surface area contributed by atoms with E-state index in [4.69, 9.17) is 25.1 Å². The predicted molar refractivity (Wildman–Crippen MR) is 140 cm³/mol. The number of aromatic nitrogens is 3. The minimum absolute atomic E-state index is 0.00415. The quantitative estimate of drug-likeness (QED) is 0.425. The molecule has 216 valence electrons. The highest BCUT2D eigenvalue weighted by Crippen LogP contribution is 2.51. The molecule has 4 N–H and O–H groups in total. The Morgan fingerprint density at radius 1 is 1.10 bits per heavy atom. The zero-order valence-electron chi connectivity index (χ0n) is 22.2. The zero-order chi connectivity index (χ0) is 29.2. The van der Waals surface area contributed by atoms with Gasteiger partial charge in [-0.2, -0.15) is 28.6 Å². The van der Waals surface area contributed by atoms with E-state index in [1.54, 1.807) is 19.1 Å². The standard InChI is InChI=1S/C24H30N6O3.C2HF3O2/c1-29-11-10-24(15-4-7-20(32-2)21(12-15)33-3)9-8-17(14-22(24)29)30(23(25)31)16-5-6-18-19(13-16)27-28-26-18;3-2(4,5)1(6)7/h4-7,12-13,17,22H,8-11,14H2,1-3H3,(H2,25,31)(H,26,27,28);(H,6,7)/t17-,22+,24+;/m1./s1. The smallest absolute Gasteiger partial charge is 0.490 e. The van der Waals surface area contributed by atoms with Crippen molar-refractivity contribution < 1.29 is 37.3 Å². The monoisotopic (exact) mass is 564 g/mol. The molecule has 40 heavy (non-hydrogen) atoms. The number of urea groups is 1. The van der Waals surface area contributed by atoms with E-state index in [2.05, 4.69) is 39.5 Å². The summed E-state index contributed by atoms with van der Waals surface area (Å²) >= 11 is 0. The zero-order valence-corrected chi connectivity index (χ0v) is 22.2. The number of carbonyl (C=O) groups is 2. The van der Waals surface area contributed by atoms with Crippen molar-refractivity contribution in [1.29, 1.82) is 0 Å². The molecule has 5 rings (SSSR count). The number of H-pyrrole nitrogens is 1. The number of likely N-dealkylation sites (N-methyl/N-ethyl adjacent to an activating group) is 1. The molecule has 1 aliphatic heterocycles. The molecule has 1 aliphatic carbocycles. The summed E-state index contributed by atoms with van der Waals surface area (Å²) in [6, 6.07) is 11.8. The predicted octanol–water partition coefficient (Wildman–Crippen LogP) is 3.69. The number of methoxy groups -OCH3 is 2. The number of nitrogens with zero attached hydrogens (tertiary/aromatic N) is 4. The maximum Gasteiger partial charge on any atom is 0.490 e. The van der Waals surface area contributed by atoms with Crippen LogP contribution in [0.25, 0.3) is 11.0 Å². The minimum atomic E-state index is -5.08. The number of aliphatic carboxylic acids is 1. The second kappa shape index (κ2) is 11.2. The first-order chi connectivity index (χ1) is 18.9. The number of nitrogens with one attached hydrogen (secondary N) is 1. The lowest BCUT2D eigenvalue weighted by molar-refractivity contribution is -0.192. The number of carbonyl (C=O) groups excluding carboxylic acids is 1. The van der Waals surface area contributed by atoms with E-state index >= 15 is 0 Å². The Morgan fingerprint density at radius 2 is 1.77 bits per heavy atom. The van der Waals surface area contributed by atoms with Crippen molar-refractivity contribution in [2.24, 2.45) is 5.73 Å². The van der Waals surface area contributed by atoms with Gasteiger partial charge in [-0.1, -0.05) is 6.07 Å². The SMILES string of the molecule is COc1ccc([C@@]23CC[C@@H](N(C(N)=O)c4ccc5n[nH]nc5c4)C[C@@H]2N(C)CC3)cc1OC.O=C(O)C(F)(F)F. The van der Waals surface area contributed by atoms with Crippen LogP contribution < -0.4 is 20.1 Å². The number of aromatic amines is 1. The summed E-state index contributed by atoms with van der Waals surface area (Å²) in [6.45, 7) is 1.01. The van der Waals surface area contributed by atoms with Crippen LogP contribution in [0.2, 0.25) is 0 Å². The summed E-state index contributed by atoms with van der Waals surface area (Å²) in [5, 5.41) is 18.0. The third-order valence-corrected chi connectivity index (χ3v) is 7.88. The normalized spacial score (nSPS) is 22.6. The number of halogens is 3. The first-order valence-electron chi connectivity index (χ1n) is 12.5. The molecule has 0 bridgehead atoms. The van der Waals surface area contributed by atoms with Crippen LogP contribution in [0.15, 0.2) is 36.4 Å². The van der Waals surface area contributed by atoms with E-state index in [-0.39, 0.29) is 17.5 Å². The first-order valence-corrected chi connectivity index (χ1v) is 12.5. The number of alkyl halides is 3. The number of anilines is 1. The molecule has 1 saturated carbocycles. The van der Waals surface area contributed by atoms with E-state index < -0.39 is 18.2 Å². The van der Waals surface area contributed by atoms with Gasteiger partial charge in [-0.25, -0.2) is 9.59 Å². The van der Waals surface area contributed by atoms with Gasteiger partial charge >= 0.3 is 18.2 Å². The Bertz CT molecular complexity index is 1380. The molecule has 14 heteroatoms. The van der Waals surface area contributed by atoms with Crippen LogP contribution in [0.4, 0.5) is 23.7 Å². The maximum absolute atomic E-state index is 12.6. The molecule has 2 aliphatic rings. The van der Waals surface area contributed by atoms with Crippen molar-refractivity contribution in [3.8, 4) is 11.5 Å². The lowest BCUT2D eigenvalue weighted by atomic mass is 9.64. The molecule has 0 spiro atoms. The Balaban J connectivity index is 0.000000470. The Morgan fingerprint density at radius 3 is 2.40 bits per heavy atom. The van der Waals surface area contributed by atoms with Gasteiger partial charge in [0, 0.05) is 23.2 Å². The number of likely N-dealkylation sites (tertiary alicyclic amines) is 1. The van der Waals surface area contributed by atoms with Crippen molar-refractivity contribution in [2.75, 3.05) is 32.7 Å². The Hall–Kier alpha value is -4.07. The Labute approximate surface area is 228 Å². The van der Waals surface area contributed by atoms with Gasteiger partial charge in [0.2, 0.25) is 0 Å².